The molecule has 0 fully saturated rings. The maximum atomic E-state index is 13.7. The van der Waals surface area contributed by atoms with Gasteiger partial charge in [-0.3, -0.25) is 19.8 Å². The quantitative estimate of drug-likeness (QED) is 0.322. The number of amides is 1. The van der Waals surface area contributed by atoms with Crippen LogP contribution in [0.4, 0.5) is 11.6 Å². The van der Waals surface area contributed by atoms with Gasteiger partial charge in [0.25, 0.3) is 11.6 Å². The molecule has 1 aliphatic rings. The number of methoxy groups -OCH3 is 1. The van der Waals surface area contributed by atoms with Crippen molar-refractivity contribution in [3.63, 3.8) is 0 Å². The molecule has 0 aliphatic carbocycles. The molecule has 1 aliphatic heterocycles. The van der Waals surface area contributed by atoms with E-state index in [2.05, 4.69) is 10.1 Å². The number of anilines is 1. The predicted octanol–water partition coefficient (Wildman–Crippen LogP) is 4.58. The fourth-order valence-electron chi connectivity index (χ4n) is 4.45. The number of benzene rings is 3. The molecule has 34 heavy (non-hydrogen) atoms. The van der Waals surface area contributed by atoms with Crippen molar-refractivity contribution < 1.29 is 14.5 Å². The Morgan fingerprint density at radius 1 is 1.00 bits per heavy atom. The summed E-state index contributed by atoms with van der Waals surface area (Å²) in [5.74, 6) is 0.826. The van der Waals surface area contributed by atoms with E-state index in [1.807, 2.05) is 54.6 Å². The first-order chi connectivity index (χ1) is 16.6. The Bertz CT molecular complexity index is 1340. The van der Waals surface area contributed by atoms with Crippen LogP contribution < -0.4 is 9.64 Å². The van der Waals surface area contributed by atoms with Crippen LogP contribution in [0.5, 0.6) is 5.75 Å². The number of nitrogens with zero attached hydrogens (tertiary/aromatic N) is 5. The van der Waals surface area contributed by atoms with Crippen molar-refractivity contribution >= 4 is 17.5 Å². The van der Waals surface area contributed by atoms with Crippen molar-refractivity contribution in [3.05, 3.63) is 112 Å². The normalized spacial score (nSPS) is 17.1. The van der Waals surface area contributed by atoms with E-state index in [1.54, 1.807) is 16.7 Å². The Balaban J connectivity index is 1.63. The Kier molecular flexibility index (Phi) is 5.51. The number of carbonyl (C=O) groups is 1. The lowest BCUT2D eigenvalue weighted by molar-refractivity contribution is -0.384. The zero-order chi connectivity index (χ0) is 23.7. The van der Waals surface area contributed by atoms with Gasteiger partial charge in [0.05, 0.1) is 24.1 Å². The first kappa shape index (κ1) is 21.3. The number of hydrogen-bond acceptors (Lipinski definition) is 6. The molecule has 0 N–H and O–H groups in total. The number of aromatic nitrogens is 3. The van der Waals surface area contributed by atoms with E-state index in [4.69, 9.17) is 4.74 Å². The third-order valence-electron chi connectivity index (χ3n) is 6.05. The number of ether oxygens (including phenoxy) is 1. The van der Waals surface area contributed by atoms with Crippen molar-refractivity contribution in [2.24, 2.45) is 0 Å². The molecule has 0 unspecified atom stereocenters. The van der Waals surface area contributed by atoms with Crippen LogP contribution in [0.25, 0.3) is 0 Å². The molecule has 2 atom stereocenters. The number of carbonyl (C=O) groups excluding carboxylic acids is 1. The van der Waals surface area contributed by atoms with Gasteiger partial charge in [-0.15, -0.1) is 0 Å². The number of non-ortho nitro benzene ring substituents is 1. The van der Waals surface area contributed by atoms with Crippen molar-refractivity contribution in [1.82, 2.24) is 14.8 Å². The minimum absolute atomic E-state index is 0.0748. The van der Waals surface area contributed by atoms with E-state index in [0.29, 0.717) is 17.9 Å². The van der Waals surface area contributed by atoms with Gasteiger partial charge in [-0.25, -0.2) is 4.68 Å². The number of nitro groups is 1. The van der Waals surface area contributed by atoms with Gasteiger partial charge in [0.1, 0.15) is 12.1 Å². The van der Waals surface area contributed by atoms with E-state index in [9.17, 15) is 14.9 Å². The third-order valence-corrected chi connectivity index (χ3v) is 6.05. The van der Waals surface area contributed by atoms with Crippen LogP contribution in [-0.2, 0) is 0 Å². The molecule has 4 aromatic rings. The maximum Gasteiger partial charge on any atom is 0.269 e. The molecule has 0 spiro atoms. The summed E-state index contributed by atoms with van der Waals surface area (Å²) in [6.45, 7) is 0. The lowest BCUT2D eigenvalue weighted by Gasteiger charge is -2.39. The number of para-hydroxylation sites is 1. The van der Waals surface area contributed by atoms with Gasteiger partial charge < -0.3 is 4.74 Å². The molecule has 0 saturated heterocycles. The standard InChI is InChI=1S/C25H21N5O4/c1-34-23-10-6-5-9-20(23)22-15-21(17-7-3-2-4-8-17)28(25-26-16-27-29(22)25)24(31)18-11-13-19(14-12-18)30(32)33/h2-14,16,21-22H,15H2,1H3/t21-,22-/m1/s1. The zero-order valence-electron chi connectivity index (χ0n) is 18.3. The van der Waals surface area contributed by atoms with Gasteiger partial charge >= 0.3 is 0 Å². The first-order valence-corrected chi connectivity index (χ1v) is 10.7. The summed E-state index contributed by atoms with van der Waals surface area (Å²) in [5, 5.41) is 15.5. The highest BCUT2D eigenvalue weighted by Gasteiger charge is 2.40. The van der Waals surface area contributed by atoms with Crippen molar-refractivity contribution in [1.29, 1.82) is 0 Å². The Hall–Kier alpha value is -4.53. The van der Waals surface area contributed by atoms with Crippen LogP contribution in [0.1, 0.15) is 40.0 Å². The second kappa shape index (κ2) is 8.78. The molecule has 2 heterocycles. The number of hydrogen-bond donors (Lipinski definition) is 0. The second-order valence-electron chi connectivity index (χ2n) is 7.90. The highest BCUT2D eigenvalue weighted by atomic mass is 16.6. The lowest BCUT2D eigenvalue weighted by Crippen LogP contribution is -2.42. The van der Waals surface area contributed by atoms with Crippen LogP contribution in [-0.4, -0.2) is 32.7 Å². The van der Waals surface area contributed by atoms with Crippen LogP contribution in [0.2, 0.25) is 0 Å². The summed E-state index contributed by atoms with van der Waals surface area (Å²) in [6.07, 6.45) is 1.97. The van der Waals surface area contributed by atoms with Gasteiger partial charge in [0, 0.05) is 23.3 Å². The average molecular weight is 455 g/mol. The van der Waals surface area contributed by atoms with E-state index in [1.165, 1.54) is 30.6 Å². The minimum Gasteiger partial charge on any atom is -0.496 e. The van der Waals surface area contributed by atoms with E-state index < -0.39 is 4.92 Å². The number of fused-ring (bicyclic) bond motifs is 1. The second-order valence-corrected chi connectivity index (χ2v) is 7.90. The van der Waals surface area contributed by atoms with Crippen molar-refractivity contribution in [2.75, 3.05) is 12.0 Å². The fourth-order valence-corrected chi connectivity index (χ4v) is 4.45. The molecule has 9 heteroatoms. The van der Waals surface area contributed by atoms with Crippen molar-refractivity contribution in [2.45, 2.75) is 18.5 Å². The molecule has 3 aromatic carbocycles. The molecular weight excluding hydrogens is 434 g/mol. The van der Waals surface area contributed by atoms with Gasteiger partial charge in [-0.1, -0.05) is 48.5 Å². The molecule has 170 valence electrons. The maximum absolute atomic E-state index is 13.7. The van der Waals surface area contributed by atoms with Crippen LogP contribution in [0.3, 0.4) is 0 Å². The zero-order valence-corrected chi connectivity index (χ0v) is 18.3. The molecule has 0 bridgehead atoms. The Morgan fingerprint density at radius 2 is 1.71 bits per heavy atom. The van der Waals surface area contributed by atoms with E-state index >= 15 is 0 Å². The molecule has 0 saturated carbocycles. The third kappa shape index (κ3) is 3.66. The summed E-state index contributed by atoms with van der Waals surface area (Å²) in [6, 6.07) is 22.5. The highest BCUT2D eigenvalue weighted by molar-refractivity contribution is 6.06. The van der Waals surface area contributed by atoms with Crippen LogP contribution in [0.15, 0.2) is 85.2 Å². The highest BCUT2D eigenvalue weighted by Crippen LogP contribution is 2.44. The molecule has 1 aromatic heterocycles. The molecule has 9 nitrogen and oxygen atoms in total. The largest absolute Gasteiger partial charge is 0.496 e. The Morgan fingerprint density at radius 3 is 2.41 bits per heavy atom. The molecule has 1 amide bonds. The van der Waals surface area contributed by atoms with E-state index in [0.717, 1.165) is 16.9 Å². The lowest BCUT2D eigenvalue weighted by atomic mass is 9.91. The molecular formula is C25H21N5O4. The van der Waals surface area contributed by atoms with Crippen molar-refractivity contribution in [3.8, 4) is 5.75 Å². The summed E-state index contributed by atoms with van der Waals surface area (Å²) < 4.78 is 7.34. The summed E-state index contributed by atoms with van der Waals surface area (Å²) in [5.41, 5.74) is 2.15. The Labute approximate surface area is 195 Å². The van der Waals surface area contributed by atoms with Gasteiger partial charge in [0.15, 0.2) is 0 Å². The predicted molar refractivity (Wildman–Crippen MR) is 125 cm³/mol. The molecule has 0 radical (unpaired) electrons. The SMILES string of the molecule is COc1ccccc1[C@H]1C[C@H](c2ccccc2)N(C(=O)c2ccc([N+](=O)[O-])cc2)c2ncnn21. The summed E-state index contributed by atoms with van der Waals surface area (Å²) in [4.78, 5) is 30.4. The number of nitro benzene ring substituents is 1. The van der Waals surface area contributed by atoms with E-state index in [-0.39, 0.29) is 23.7 Å². The average Bonchev–Trinajstić information content (AvgIpc) is 3.38. The van der Waals surface area contributed by atoms with Gasteiger partial charge in [-0.2, -0.15) is 10.1 Å². The summed E-state index contributed by atoms with van der Waals surface area (Å²) >= 11 is 0. The molecule has 5 rings (SSSR count). The van der Waals surface area contributed by atoms with Gasteiger partial charge in [-0.05, 0) is 30.2 Å². The minimum atomic E-state index is -0.490. The fraction of sp³-hybridized carbons (Fsp3) is 0.160. The topological polar surface area (TPSA) is 103 Å². The van der Waals surface area contributed by atoms with Gasteiger partial charge in [0.2, 0.25) is 5.95 Å². The summed E-state index contributed by atoms with van der Waals surface area (Å²) in [7, 11) is 1.63. The van der Waals surface area contributed by atoms with Crippen LogP contribution in [0, 0.1) is 10.1 Å². The van der Waals surface area contributed by atoms with Crippen LogP contribution >= 0.6 is 0 Å². The number of rotatable bonds is 5. The first-order valence-electron chi connectivity index (χ1n) is 10.7. The smallest absolute Gasteiger partial charge is 0.269 e. The monoisotopic (exact) mass is 455 g/mol.